The van der Waals surface area contributed by atoms with E-state index in [1.54, 1.807) is 21.0 Å². The molecule has 5 nitrogen and oxygen atoms in total. The lowest BCUT2D eigenvalue weighted by Gasteiger charge is -2.24. The Morgan fingerprint density at radius 3 is 2.38 bits per heavy atom. The first-order valence-electron chi connectivity index (χ1n) is 8.13. The zero-order chi connectivity index (χ0) is 18.6. The number of carbonyl (C=O) groups is 1. The molecule has 0 bridgehead atoms. The highest BCUT2D eigenvalue weighted by molar-refractivity contribution is 7.14. The number of benzene rings is 2. The molecule has 0 atom stereocenters. The smallest absolute Gasteiger partial charge is 0.269 e. The van der Waals surface area contributed by atoms with E-state index in [-0.39, 0.29) is 5.91 Å². The molecule has 0 spiro atoms. The monoisotopic (exact) mass is 368 g/mol. The molecule has 0 aliphatic carbocycles. The quantitative estimate of drug-likeness (QED) is 0.690. The Kier molecular flexibility index (Phi) is 5.23. The predicted molar refractivity (Wildman–Crippen MR) is 104 cm³/mol. The Labute approximate surface area is 156 Å². The van der Waals surface area contributed by atoms with Gasteiger partial charge in [-0.1, -0.05) is 18.2 Å². The highest BCUT2D eigenvalue weighted by atomic mass is 32.1. The van der Waals surface area contributed by atoms with E-state index < -0.39 is 5.60 Å². The van der Waals surface area contributed by atoms with Gasteiger partial charge in [-0.25, -0.2) is 4.98 Å². The van der Waals surface area contributed by atoms with Gasteiger partial charge in [0.15, 0.2) is 10.7 Å². The summed E-state index contributed by atoms with van der Waals surface area (Å²) in [6.07, 6.45) is 0. The minimum Gasteiger partial charge on any atom is -0.497 e. The lowest BCUT2D eigenvalue weighted by molar-refractivity contribution is -0.128. The third-order valence-corrected chi connectivity index (χ3v) is 4.53. The number of rotatable bonds is 6. The van der Waals surface area contributed by atoms with Crippen LogP contribution in [0, 0.1) is 0 Å². The second kappa shape index (κ2) is 7.58. The van der Waals surface area contributed by atoms with Crippen molar-refractivity contribution in [1.82, 2.24) is 4.98 Å². The Morgan fingerprint density at radius 2 is 1.73 bits per heavy atom. The third-order valence-electron chi connectivity index (χ3n) is 3.77. The van der Waals surface area contributed by atoms with Crippen LogP contribution in [0.5, 0.6) is 11.5 Å². The average Bonchev–Trinajstić information content (AvgIpc) is 3.11. The van der Waals surface area contributed by atoms with E-state index in [1.165, 1.54) is 11.3 Å². The molecule has 134 valence electrons. The van der Waals surface area contributed by atoms with Crippen LogP contribution in [-0.2, 0) is 4.79 Å². The van der Waals surface area contributed by atoms with E-state index in [0.717, 1.165) is 17.0 Å². The largest absolute Gasteiger partial charge is 0.497 e. The molecule has 2 aromatic carbocycles. The van der Waals surface area contributed by atoms with Crippen LogP contribution in [0.15, 0.2) is 60.0 Å². The van der Waals surface area contributed by atoms with Crippen LogP contribution in [0.2, 0.25) is 0 Å². The van der Waals surface area contributed by atoms with Crippen molar-refractivity contribution < 1.29 is 14.3 Å². The first-order valence-corrected chi connectivity index (χ1v) is 9.01. The fraction of sp³-hybridized carbons (Fsp3) is 0.200. The van der Waals surface area contributed by atoms with E-state index in [1.807, 2.05) is 60.0 Å². The number of carbonyl (C=O) groups excluding carboxylic acids is 1. The summed E-state index contributed by atoms with van der Waals surface area (Å²) < 4.78 is 11.0. The van der Waals surface area contributed by atoms with Gasteiger partial charge >= 0.3 is 0 Å². The summed E-state index contributed by atoms with van der Waals surface area (Å²) in [5.74, 6) is 1.18. The van der Waals surface area contributed by atoms with Crippen molar-refractivity contribution >= 4 is 22.4 Å². The Morgan fingerprint density at radius 1 is 1.04 bits per heavy atom. The molecule has 0 aliphatic heterocycles. The van der Waals surface area contributed by atoms with Crippen molar-refractivity contribution in [2.24, 2.45) is 0 Å². The third kappa shape index (κ3) is 4.21. The maximum atomic E-state index is 12.6. The van der Waals surface area contributed by atoms with Crippen LogP contribution < -0.4 is 14.8 Å². The molecule has 1 heterocycles. The van der Waals surface area contributed by atoms with Crippen LogP contribution in [0.25, 0.3) is 11.3 Å². The Bertz CT molecular complexity index is 874. The normalized spacial score (nSPS) is 11.0. The molecule has 1 aromatic heterocycles. The molecule has 0 aliphatic rings. The van der Waals surface area contributed by atoms with Crippen molar-refractivity contribution in [3.05, 3.63) is 60.0 Å². The number of anilines is 1. The predicted octanol–water partition coefficient (Wildman–Crippen LogP) is 4.61. The van der Waals surface area contributed by atoms with Gasteiger partial charge in [-0.3, -0.25) is 10.1 Å². The molecule has 0 unspecified atom stereocenters. The number of hydrogen-bond acceptors (Lipinski definition) is 5. The second-order valence-electron chi connectivity index (χ2n) is 6.15. The highest BCUT2D eigenvalue weighted by Crippen LogP contribution is 2.27. The fourth-order valence-corrected chi connectivity index (χ4v) is 3.02. The first kappa shape index (κ1) is 17.9. The molecular formula is C20H20N2O3S. The van der Waals surface area contributed by atoms with Crippen LogP contribution in [0.3, 0.4) is 0 Å². The minimum atomic E-state index is -1.02. The Hall–Kier alpha value is -2.86. The van der Waals surface area contributed by atoms with Gasteiger partial charge < -0.3 is 9.47 Å². The summed E-state index contributed by atoms with van der Waals surface area (Å²) in [5, 5.41) is 5.27. The van der Waals surface area contributed by atoms with Gasteiger partial charge in [0.25, 0.3) is 5.91 Å². The van der Waals surface area contributed by atoms with E-state index in [0.29, 0.717) is 10.9 Å². The Balaban J connectivity index is 1.68. The summed E-state index contributed by atoms with van der Waals surface area (Å²) in [6, 6.07) is 16.9. The van der Waals surface area contributed by atoms with Crippen molar-refractivity contribution in [2.45, 2.75) is 19.4 Å². The summed E-state index contributed by atoms with van der Waals surface area (Å²) in [5.41, 5.74) is 0.741. The van der Waals surface area contributed by atoms with Gasteiger partial charge in [-0.2, -0.15) is 0 Å². The number of aromatic nitrogens is 1. The van der Waals surface area contributed by atoms with Gasteiger partial charge in [0, 0.05) is 10.9 Å². The number of methoxy groups -OCH3 is 1. The number of ether oxygens (including phenoxy) is 2. The van der Waals surface area contributed by atoms with Gasteiger partial charge in [-0.05, 0) is 50.2 Å². The van der Waals surface area contributed by atoms with Crippen LogP contribution in [0.4, 0.5) is 5.13 Å². The fourth-order valence-electron chi connectivity index (χ4n) is 2.30. The van der Waals surface area contributed by atoms with Crippen LogP contribution in [0.1, 0.15) is 13.8 Å². The number of para-hydroxylation sites is 1. The van der Waals surface area contributed by atoms with Crippen molar-refractivity contribution in [3.8, 4) is 22.8 Å². The van der Waals surface area contributed by atoms with E-state index in [9.17, 15) is 4.79 Å². The molecule has 6 heteroatoms. The number of nitrogens with zero attached hydrogens (tertiary/aromatic N) is 1. The molecule has 0 radical (unpaired) electrons. The average molecular weight is 368 g/mol. The molecular weight excluding hydrogens is 348 g/mol. The summed E-state index contributed by atoms with van der Waals surface area (Å²) in [6.45, 7) is 3.46. The SMILES string of the molecule is COc1ccc(-c2csc(NC(=O)C(C)(C)Oc3ccccc3)n2)cc1. The van der Waals surface area contributed by atoms with E-state index >= 15 is 0 Å². The minimum absolute atomic E-state index is 0.253. The molecule has 0 saturated carbocycles. The number of thiazole rings is 1. The zero-order valence-corrected chi connectivity index (χ0v) is 15.7. The van der Waals surface area contributed by atoms with Crippen molar-refractivity contribution in [2.75, 3.05) is 12.4 Å². The standard InChI is InChI=1S/C20H20N2O3S/c1-20(2,25-16-7-5-4-6-8-16)18(23)22-19-21-17(13-26-19)14-9-11-15(24-3)12-10-14/h4-13H,1-3H3,(H,21,22,23). The van der Waals surface area contributed by atoms with Gasteiger partial charge in [0.2, 0.25) is 0 Å². The lowest BCUT2D eigenvalue weighted by Crippen LogP contribution is -2.42. The number of hydrogen-bond donors (Lipinski definition) is 1. The molecule has 26 heavy (non-hydrogen) atoms. The molecule has 0 saturated heterocycles. The summed E-state index contributed by atoms with van der Waals surface area (Å²) >= 11 is 1.38. The number of nitrogens with one attached hydrogen (secondary N) is 1. The van der Waals surface area contributed by atoms with Gasteiger partial charge in [0.05, 0.1) is 12.8 Å². The molecule has 0 fully saturated rings. The number of amides is 1. The molecule has 1 N–H and O–H groups in total. The molecule has 3 aromatic rings. The van der Waals surface area contributed by atoms with Crippen molar-refractivity contribution in [3.63, 3.8) is 0 Å². The topological polar surface area (TPSA) is 60.5 Å². The van der Waals surface area contributed by atoms with Crippen molar-refractivity contribution in [1.29, 1.82) is 0 Å². The lowest BCUT2D eigenvalue weighted by atomic mass is 10.1. The maximum absolute atomic E-state index is 12.6. The summed E-state index contributed by atoms with van der Waals surface area (Å²) in [4.78, 5) is 17.1. The maximum Gasteiger partial charge on any atom is 0.269 e. The zero-order valence-electron chi connectivity index (χ0n) is 14.9. The van der Waals surface area contributed by atoms with Crippen LogP contribution >= 0.6 is 11.3 Å². The first-order chi connectivity index (χ1) is 12.5. The molecule has 1 amide bonds. The van der Waals surface area contributed by atoms with Gasteiger partial charge in [-0.15, -0.1) is 11.3 Å². The summed E-state index contributed by atoms with van der Waals surface area (Å²) in [7, 11) is 1.63. The van der Waals surface area contributed by atoms with E-state index in [4.69, 9.17) is 9.47 Å². The molecule has 3 rings (SSSR count). The highest BCUT2D eigenvalue weighted by Gasteiger charge is 2.30. The van der Waals surface area contributed by atoms with Gasteiger partial charge in [0.1, 0.15) is 11.5 Å². The van der Waals surface area contributed by atoms with Crippen LogP contribution in [-0.4, -0.2) is 23.6 Å². The second-order valence-corrected chi connectivity index (χ2v) is 7.00. The van der Waals surface area contributed by atoms with E-state index in [2.05, 4.69) is 10.3 Å².